The van der Waals surface area contributed by atoms with Crippen LogP contribution in [-0.4, -0.2) is 35.6 Å². The molecular weight excluding hydrogens is 210 g/mol. The standard InChI is InChI=1S/C14H23N3/c1-3-17-8-4-5-14(11-17)16-10-13-7-6-12(2)15-9-13/h6-7,9,14,16H,3-5,8,10-11H2,1-2H3. The molecule has 2 heterocycles. The lowest BCUT2D eigenvalue weighted by Gasteiger charge is -2.32. The maximum Gasteiger partial charge on any atom is 0.0372 e. The molecule has 94 valence electrons. The lowest BCUT2D eigenvalue weighted by Crippen LogP contribution is -2.45. The highest BCUT2D eigenvalue weighted by molar-refractivity contribution is 5.12. The van der Waals surface area contributed by atoms with Gasteiger partial charge in [-0.15, -0.1) is 0 Å². The number of hydrogen-bond acceptors (Lipinski definition) is 3. The van der Waals surface area contributed by atoms with E-state index in [1.54, 1.807) is 0 Å². The summed E-state index contributed by atoms with van der Waals surface area (Å²) >= 11 is 0. The summed E-state index contributed by atoms with van der Waals surface area (Å²) in [6, 6.07) is 4.89. The largest absolute Gasteiger partial charge is 0.309 e. The van der Waals surface area contributed by atoms with E-state index >= 15 is 0 Å². The summed E-state index contributed by atoms with van der Waals surface area (Å²) in [6.45, 7) is 8.83. The molecule has 1 N–H and O–H groups in total. The van der Waals surface area contributed by atoms with Gasteiger partial charge < -0.3 is 10.2 Å². The van der Waals surface area contributed by atoms with Crippen LogP contribution in [0.15, 0.2) is 18.3 Å². The molecule has 0 saturated carbocycles. The molecule has 0 aliphatic carbocycles. The van der Waals surface area contributed by atoms with Crippen molar-refractivity contribution in [3.63, 3.8) is 0 Å². The first-order valence-corrected chi connectivity index (χ1v) is 6.65. The Morgan fingerprint density at radius 3 is 3.06 bits per heavy atom. The Kier molecular flexibility index (Phi) is 4.51. The minimum Gasteiger partial charge on any atom is -0.309 e. The van der Waals surface area contributed by atoms with Gasteiger partial charge in [-0.25, -0.2) is 0 Å². The first-order chi connectivity index (χ1) is 8.28. The first kappa shape index (κ1) is 12.5. The quantitative estimate of drug-likeness (QED) is 0.861. The molecule has 1 aliphatic rings. The van der Waals surface area contributed by atoms with Gasteiger partial charge >= 0.3 is 0 Å². The number of hydrogen-bond donors (Lipinski definition) is 1. The van der Waals surface area contributed by atoms with Crippen molar-refractivity contribution in [2.45, 2.75) is 39.3 Å². The molecule has 0 radical (unpaired) electrons. The number of aromatic nitrogens is 1. The third kappa shape index (κ3) is 3.79. The minimum absolute atomic E-state index is 0.644. The highest BCUT2D eigenvalue weighted by Gasteiger charge is 2.17. The monoisotopic (exact) mass is 233 g/mol. The lowest BCUT2D eigenvalue weighted by atomic mass is 10.1. The molecule has 1 aliphatic heterocycles. The van der Waals surface area contributed by atoms with Gasteiger partial charge in [0.1, 0.15) is 0 Å². The van der Waals surface area contributed by atoms with Crippen molar-refractivity contribution in [3.05, 3.63) is 29.6 Å². The average Bonchev–Trinajstić information content (AvgIpc) is 2.38. The second-order valence-electron chi connectivity index (χ2n) is 4.92. The molecule has 2 rings (SSSR count). The minimum atomic E-state index is 0.644. The van der Waals surface area contributed by atoms with Gasteiger partial charge in [0, 0.05) is 31.0 Å². The number of pyridine rings is 1. The fourth-order valence-electron chi connectivity index (χ4n) is 2.37. The molecule has 17 heavy (non-hydrogen) atoms. The van der Waals surface area contributed by atoms with Crippen LogP contribution in [0.4, 0.5) is 0 Å². The van der Waals surface area contributed by atoms with Crippen molar-refractivity contribution in [2.75, 3.05) is 19.6 Å². The normalized spacial score (nSPS) is 21.6. The highest BCUT2D eigenvalue weighted by Crippen LogP contribution is 2.10. The van der Waals surface area contributed by atoms with Crippen molar-refractivity contribution in [1.82, 2.24) is 15.2 Å². The van der Waals surface area contributed by atoms with E-state index in [4.69, 9.17) is 0 Å². The molecule has 0 amide bonds. The number of nitrogens with zero attached hydrogens (tertiary/aromatic N) is 2. The van der Waals surface area contributed by atoms with Crippen LogP contribution in [0.2, 0.25) is 0 Å². The van der Waals surface area contributed by atoms with Crippen molar-refractivity contribution < 1.29 is 0 Å². The second-order valence-corrected chi connectivity index (χ2v) is 4.92. The molecule has 1 aromatic rings. The van der Waals surface area contributed by atoms with Gasteiger partial charge in [0.15, 0.2) is 0 Å². The van der Waals surface area contributed by atoms with Crippen molar-refractivity contribution >= 4 is 0 Å². The fraction of sp³-hybridized carbons (Fsp3) is 0.643. The zero-order valence-electron chi connectivity index (χ0n) is 10.9. The van der Waals surface area contributed by atoms with Gasteiger partial charge in [-0.3, -0.25) is 4.98 Å². The third-order valence-electron chi connectivity index (χ3n) is 3.52. The molecule has 1 aromatic heterocycles. The molecule has 1 unspecified atom stereocenters. The summed E-state index contributed by atoms with van der Waals surface area (Å²) < 4.78 is 0. The number of likely N-dealkylation sites (N-methyl/N-ethyl adjacent to an activating group) is 1. The van der Waals surface area contributed by atoms with Gasteiger partial charge in [-0.05, 0) is 44.5 Å². The summed E-state index contributed by atoms with van der Waals surface area (Å²) in [7, 11) is 0. The first-order valence-electron chi connectivity index (χ1n) is 6.65. The highest BCUT2D eigenvalue weighted by atomic mass is 15.2. The van der Waals surface area contributed by atoms with E-state index in [1.165, 1.54) is 38.0 Å². The Bertz CT molecular complexity index is 334. The van der Waals surface area contributed by atoms with Gasteiger partial charge in [-0.1, -0.05) is 13.0 Å². The summed E-state index contributed by atoms with van der Waals surface area (Å²) in [6.07, 6.45) is 4.59. The Morgan fingerprint density at radius 1 is 1.47 bits per heavy atom. The number of nitrogens with one attached hydrogen (secondary N) is 1. The van der Waals surface area contributed by atoms with Gasteiger partial charge in [0.25, 0.3) is 0 Å². The summed E-state index contributed by atoms with van der Waals surface area (Å²) in [5, 5.41) is 3.64. The van der Waals surface area contributed by atoms with E-state index in [-0.39, 0.29) is 0 Å². The second kappa shape index (κ2) is 6.12. The molecule has 3 nitrogen and oxygen atoms in total. The molecule has 1 atom stereocenters. The van der Waals surface area contributed by atoms with Gasteiger partial charge in [0.05, 0.1) is 0 Å². The van der Waals surface area contributed by atoms with Crippen molar-refractivity contribution in [2.24, 2.45) is 0 Å². The maximum atomic E-state index is 4.32. The van der Waals surface area contributed by atoms with E-state index < -0.39 is 0 Å². The predicted molar refractivity (Wildman–Crippen MR) is 70.9 cm³/mol. The van der Waals surface area contributed by atoms with Crippen LogP contribution in [-0.2, 0) is 6.54 Å². The lowest BCUT2D eigenvalue weighted by molar-refractivity contribution is 0.198. The smallest absolute Gasteiger partial charge is 0.0372 e. The van der Waals surface area contributed by atoms with Gasteiger partial charge in [0.2, 0.25) is 0 Å². The average molecular weight is 233 g/mol. The van der Waals surface area contributed by atoms with Crippen LogP contribution in [0, 0.1) is 6.92 Å². The number of aryl methyl sites for hydroxylation is 1. The maximum absolute atomic E-state index is 4.32. The van der Waals surface area contributed by atoms with Crippen LogP contribution in [0.25, 0.3) is 0 Å². The molecule has 0 bridgehead atoms. The number of likely N-dealkylation sites (tertiary alicyclic amines) is 1. The van der Waals surface area contributed by atoms with Crippen LogP contribution in [0.1, 0.15) is 31.0 Å². The Labute approximate surface area is 104 Å². The zero-order chi connectivity index (χ0) is 12.1. The van der Waals surface area contributed by atoms with E-state index in [1.807, 2.05) is 13.1 Å². The third-order valence-corrected chi connectivity index (χ3v) is 3.52. The van der Waals surface area contributed by atoms with E-state index in [0.717, 1.165) is 12.2 Å². The Hall–Kier alpha value is -0.930. The van der Waals surface area contributed by atoms with Crippen LogP contribution < -0.4 is 5.32 Å². The van der Waals surface area contributed by atoms with Crippen LogP contribution in [0.3, 0.4) is 0 Å². The SMILES string of the molecule is CCN1CCCC(NCc2ccc(C)nc2)C1. The molecule has 1 saturated heterocycles. The summed E-state index contributed by atoms with van der Waals surface area (Å²) in [4.78, 5) is 6.85. The van der Waals surface area contributed by atoms with E-state index in [9.17, 15) is 0 Å². The van der Waals surface area contributed by atoms with Crippen molar-refractivity contribution in [1.29, 1.82) is 0 Å². The number of piperidine rings is 1. The van der Waals surface area contributed by atoms with Crippen molar-refractivity contribution in [3.8, 4) is 0 Å². The van der Waals surface area contributed by atoms with E-state index in [0.29, 0.717) is 6.04 Å². The number of rotatable bonds is 4. The fourth-order valence-corrected chi connectivity index (χ4v) is 2.37. The Morgan fingerprint density at radius 2 is 2.35 bits per heavy atom. The zero-order valence-corrected chi connectivity index (χ0v) is 10.9. The summed E-state index contributed by atoms with van der Waals surface area (Å²) in [5.74, 6) is 0. The molecule has 0 spiro atoms. The Balaban J connectivity index is 1.79. The molecular formula is C14H23N3. The van der Waals surface area contributed by atoms with E-state index in [2.05, 4.69) is 34.3 Å². The predicted octanol–water partition coefficient (Wildman–Crippen LogP) is 1.96. The topological polar surface area (TPSA) is 28.2 Å². The molecule has 1 fully saturated rings. The molecule has 3 heteroatoms. The van der Waals surface area contributed by atoms with Gasteiger partial charge in [-0.2, -0.15) is 0 Å². The molecule has 0 aromatic carbocycles. The van der Waals surface area contributed by atoms with Crippen LogP contribution >= 0.6 is 0 Å². The summed E-state index contributed by atoms with van der Waals surface area (Å²) in [5.41, 5.74) is 2.37. The van der Waals surface area contributed by atoms with Crippen LogP contribution in [0.5, 0.6) is 0 Å².